The van der Waals surface area contributed by atoms with Crippen LogP contribution in [0.3, 0.4) is 0 Å². The van der Waals surface area contributed by atoms with Crippen molar-refractivity contribution in [2.75, 3.05) is 25.6 Å². The van der Waals surface area contributed by atoms with Gasteiger partial charge in [0.15, 0.2) is 6.61 Å². The van der Waals surface area contributed by atoms with Gasteiger partial charge in [-0.1, -0.05) is 44.0 Å². The zero-order valence-electron chi connectivity index (χ0n) is 16.8. The van der Waals surface area contributed by atoms with Gasteiger partial charge in [-0.05, 0) is 30.4 Å². The number of nitrogens with zero attached hydrogens (tertiary/aromatic N) is 1. The standard InChI is InChI=1S/C21H22Br2N2O6/c1-30-13-5-3-2-4-12(13)24-14(26)9-31-15(27)6-7-25-20(28)16-10-8-11(17(16)21(25)29)19(23)18(10)22/h2-5,10-11,16-19H,6-9H2,1H3,(H,24,26)/t10-,11-,16-,17+,18-,19+/m1/s1. The molecule has 3 aliphatic rings. The first-order valence-corrected chi connectivity index (χ1v) is 11.9. The number of para-hydroxylation sites is 2. The number of ether oxygens (including phenoxy) is 2. The van der Waals surface area contributed by atoms with Gasteiger partial charge in [0, 0.05) is 16.2 Å². The fourth-order valence-corrected chi connectivity index (χ4v) is 6.86. The summed E-state index contributed by atoms with van der Waals surface area (Å²) in [6.45, 7) is -0.498. The number of alkyl halides is 2. The Morgan fingerprint density at radius 1 is 1.10 bits per heavy atom. The van der Waals surface area contributed by atoms with E-state index < -0.39 is 18.5 Å². The van der Waals surface area contributed by atoms with Crippen molar-refractivity contribution in [2.45, 2.75) is 22.5 Å². The molecular formula is C21H22Br2N2O6. The largest absolute Gasteiger partial charge is 0.495 e. The molecule has 1 saturated heterocycles. The van der Waals surface area contributed by atoms with E-state index >= 15 is 0 Å². The number of anilines is 1. The summed E-state index contributed by atoms with van der Waals surface area (Å²) in [5.41, 5.74) is 0.468. The molecule has 0 radical (unpaired) electrons. The Hall–Kier alpha value is -1.94. The second kappa shape index (κ2) is 8.90. The molecular weight excluding hydrogens is 536 g/mol. The summed E-state index contributed by atoms with van der Waals surface area (Å²) < 4.78 is 10.2. The summed E-state index contributed by atoms with van der Waals surface area (Å²) in [7, 11) is 1.49. The van der Waals surface area contributed by atoms with Crippen molar-refractivity contribution in [2.24, 2.45) is 23.7 Å². The second-order valence-electron chi connectivity index (χ2n) is 7.99. The van der Waals surface area contributed by atoms with Crippen molar-refractivity contribution in [3.05, 3.63) is 24.3 Å². The molecule has 31 heavy (non-hydrogen) atoms. The van der Waals surface area contributed by atoms with Crippen LogP contribution in [0.5, 0.6) is 5.75 Å². The van der Waals surface area contributed by atoms with Gasteiger partial charge in [-0.25, -0.2) is 0 Å². The lowest BCUT2D eigenvalue weighted by atomic mass is 9.81. The molecule has 1 N–H and O–H groups in total. The number of halogens is 2. The highest BCUT2D eigenvalue weighted by atomic mass is 79.9. The van der Waals surface area contributed by atoms with E-state index in [1.54, 1.807) is 24.3 Å². The monoisotopic (exact) mass is 556 g/mol. The summed E-state index contributed by atoms with van der Waals surface area (Å²) in [5, 5.41) is 2.61. The zero-order chi connectivity index (χ0) is 22.3. The maximum Gasteiger partial charge on any atom is 0.308 e. The Labute approximate surface area is 196 Å². The maximum atomic E-state index is 12.8. The van der Waals surface area contributed by atoms with Gasteiger partial charge in [0.05, 0.1) is 31.1 Å². The van der Waals surface area contributed by atoms with E-state index in [0.717, 1.165) is 6.42 Å². The first-order valence-electron chi connectivity index (χ1n) is 10.0. The predicted octanol–water partition coefficient (Wildman–Crippen LogP) is 2.34. The van der Waals surface area contributed by atoms with Crippen molar-refractivity contribution < 1.29 is 28.7 Å². The summed E-state index contributed by atoms with van der Waals surface area (Å²) in [5.74, 6) is -1.42. The molecule has 3 fully saturated rings. The van der Waals surface area contributed by atoms with E-state index in [-0.39, 0.29) is 58.1 Å². The minimum absolute atomic E-state index is 0.0308. The summed E-state index contributed by atoms with van der Waals surface area (Å²) in [4.78, 5) is 51.3. The highest BCUT2D eigenvalue weighted by Crippen LogP contribution is 2.60. The average Bonchev–Trinajstić information content (AvgIpc) is 3.36. The van der Waals surface area contributed by atoms with Crippen LogP contribution in [0, 0.1) is 23.7 Å². The van der Waals surface area contributed by atoms with Crippen LogP contribution in [-0.2, 0) is 23.9 Å². The van der Waals surface area contributed by atoms with Gasteiger partial charge in [0.2, 0.25) is 11.8 Å². The molecule has 10 heteroatoms. The number of carbonyl (C=O) groups is 4. The van der Waals surface area contributed by atoms with Crippen molar-refractivity contribution in [3.8, 4) is 5.75 Å². The highest BCUT2D eigenvalue weighted by Gasteiger charge is 2.66. The number of methoxy groups -OCH3 is 1. The first-order chi connectivity index (χ1) is 14.8. The molecule has 8 nitrogen and oxygen atoms in total. The Bertz CT molecular complexity index is 893. The molecule has 0 spiro atoms. The molecule has 0 aromatic heterocycles. The van der Waals surface area contributed by atoms with Crippen molar-refractivity contribution in [3.63, 3.8) is 0 Å². The third-order valence-corrected chi connectivity index (χ3v) is 9.57. The Balaban J connectivity index is 1.26. The SMILES string of the molecule is COc1ccccc1NC(=O)COC(=O)CCN1C(=O)[C@@H]2[C@H]3C[C@@H]([C@H](Br)[C@@H]3Br)[C@@H]2C1=O. The smallest absolute Gasteiger partial charge is 0.308 e. The molecule has 1 aromatic carbocycles. The number of benzene rings is 1. The van der Waals surface area contributed by atoms with E-state index in [1.165, 1.54) is 12.0 Å². The van der Waals surface area contributed by atoms with Gasteiger partial charge in [-0.3, -0.25) is 24.1 Å². The van der Waals surface area contributed by atoms with Gasteiger partial charge in [0.25, 0.3) is 5.91 Å². The average molecular weight is 558 g/mol. The van der Waals surface area contributed by atoms with E-state index in [1.807, 2.05) is 0 Å². The Kier molecular flexibility index (Phi) is 6.39. The molecule has 2 saturated carbocycles. The molecule has 1 aromatic rings. The maximum absolute atomic E-state index is 12.8. The number of amides is 3. The molecule has 4 rings (SSSR count). The Morgan fingerprint density at radius 3 is 2.32 bits per heavy atom. The highest BCUT2D eigenvalue weighted by molar-refractivity contribution is 9.12. The lowest BCUT2D eigenvalue weighted by molar-refractivity contribution is -0.149. The van der Waals surface area contributed by atoms with Crippen molar-refractivity contribution in [1.29, 1.82) is 0 Å². The number of fused-ring (bicyclic) bond motifs is 5. The number of nitrogens with one attached hydrogen (secondary N) is 1. The second-order valence-corrected chi connectivity index (χ2v) is 10.1. The topological polar surface area (TPSA) is 102 Å². The third-order valence-electron chi connectivity index (χ3n) is 6.36. The fourth-order valence-electron chi connectivity index (χ4n) is 4.99. The molecule has 2 aliphatic carbocycles. The van der Waals surface area contributed by atoms with Gasteiger partial charge >= 0.3 is 5.97 Å². The van der Waals surface area contributed by atoms with E-state index in [4.69, 9.17) is 9.47 Å². The number of esters is 1. The molecule has 0 unspecified atom stereocenters. The number of hydrogen-bond donors (Lipinski definition) is 1. The zero-order valence-corrected chi connectivity index (χ0v) is 19.9. The quantitative estimate of drug-likeness (QED) is 0.314. The van der Waals surface area contributed by atoms with Crippen LogP contribution in [0.1, 0.15) is 12.8 Å². The predicted molar refractivity (Wildman–Crippen MR) is 118 cm³/mol. The molecule has 6 atom stereocenters. The molecule has 2 bridgehead atoms. The van der Waals surface area contributed by atoms with Crippen LogP contribution in [0.2, 0.25) is 0 Å². The molecule has 3 amide bonds. The van der Waals surface area contributed by atoms with Crippen LogP contribution in [0.15, 0.2) is 24.3 Å². The van der Waals surface area contributed by atoms with Gasteiger partial charge in [-0.15, -0.1) is 0 Å². The van der Waals surface area contributed by atoms with Gasteiger partial charge < -0.3 is 14.8 Å². The Morgan fingerprint density at radius 2 is 1.71 bits per heavy atom. The van der Waals surface area contributed by atoms with E-state index in [0.29, 0.717) is 11.4 Å². The summed E-state index contributed by atoms with van der Waals surface area (Å²) in [6, 6.07) is 6.88. The molecule has 166 valence electrons. The van der Waals surface area contributed by atoms with Gasteiger partial charge in [0.1, 0.15) is 5.75 Å². The first kappa shape index (κ1) is 22.3. The molecule has 1 heterocycles. The van der Waals surface area contributed by atoms with Crippen molar-refractivity contribution >= 4 is 61.2 Å². The number of imide groups is 1. The van der Waals surface area contributed by atoms with Crippen LogP contribution in [0.4, 0.5) is 5.69 Å². The lowest BCUT2D eigenvalue weighted by Crippen LogP contribution is -2.37. The fraction of sp³-hybridized carbons (Fsp3) is 0.524. The van der Waals surface area contributed by atoms with Crippen LogP contribution in [-0.4, -0.2) is 58.5 Å². The van der Waals surface area contributed by atoms with Crippen LogP contribution < -0.4 is 10.1 Å². The van der Waals surface area contributed by atoms with Crippen LogP contribution in [0.25, 0.3) is 0 Å². The number of rotatable bonds is 7. The van der Waals surface area contributed by atoms with E-state index in [2.05, 4.69) is 37.2 Å². The number of hydrogen-bond acceptors (Lipinski definition) is 6. The normalized spacial score (nSPS) is 31.0. The number of carbonyl (C=O) groups excluding carboxylic acids is 4. The van der Waals surface area contributed by atoms with E-state index in [9.17, 15) is 19.2 Å². The summed E-state index contributed by atoms with van der Waals surface area (Å²) >= 11 is 7.29. The minimum atomic E-state index is -0.646. The minimum Gasteiger partial charge on any atom is -0.495 e. The van der Waals surface area contributed by atoms with Crippen molar-refractivity contribution in [1.82, 2.24) is 4.90 Å². The molecule has 1 aliphatic heterocycles. The van der Waals surface area contributed by atoms with Gasteiger partial charge in [-0.2, -0.15) is 0 Å². The third kappa shape index (κ3) is 4.00. The van der Waals surface area contributed by atoms with Crippen LogP contribution >= 0.6 is 31.9 Å². The number of likely N-dealkylation sites (tertiary alicyclic amines) is 1. The lowest BCUT2D eigenvalue weighted by Gasteiger charge is -2.28. The summed E-state index contributed by atoms with van der Waals surface area (Å²) in [6.07, 6.45) is 0.708.